The quantitative estimate of drug-likeness (QED) is 0.283. The average molecular weight is 501 g/mol. The molecule has 1 heterocycles. The largest absolute Gasteiger partial charge is 0.355 e. The average Bonchev–Trinajstić information content (AvgIpc) is 3.00. The second kappa shape index (κ2) is 11.7. The Hall–Kier alpha value is -0.130. The molecule has 0 bridgehead atoms. The fourth-order valence-electron chi connectivity index (χ4n) is 3.62. The van der Waals surface area contributed by atoms with Crippen molar-refractivity contribution in [2.45, 2.75) is 45.6 Å². The van der Waals surface area contributed by atoms with Crippen LogP contribution < -0.4 is 10.0 Å². The van der Waals surface area contributed by atoms with Crippen molar-refractivity contribution in [2.24, 2.45) is 10.9 Å². The van der Waals surface area contributed by atoms with E-state index >= 15 is 0 Å². The van der Waals surface area contributed by atoms with E-state index in [1.165, 1.54) is 6.42 Å². The zero-order valence-electron chi connectivity index (χ0n) is 16.4. The maximum Gasteiger partial charge on any atom is 0.213 e. The van der Waals surface area contributed by atoms with Crippen molar-refractivity contribution < 1.29 is 8.42 Å². The lowest BCUT2D eigenvalue weighted by Gasteiger charge is -2.27. The summed E-state index contributed by atoms with van der Waals surface area (Å²) in [7, 11) is -1.45. The minimum atomic E-state index is -3.21. The van der Waals surface area contributed by atoms with Gasteiger partial charge in [-0.05, 0) is 38.3 Å². The Morgan fingerprint density at radius 3 is 2.46 bits per heavy atom. The van der Waals surface area contributed by atoms with Crippen LogP contribution in [-0.2, 0) is 10.0 Å². The minimum Gasteiger partial charge on any atom is -0.355 e. The van der Waals surface area contributed by atoms with Gasteiger partial charge in [-0.2, -0.15) is 0 Å². The van der Waals surface area contributed by atoms with Crippen molar-refractivity contribution in [3.8, 4) is 0 Å². The smallest absolute Gasteiger partial charge is 0.213 e. The number of nitrogens with zero attached hydrogens (tertiary/aromatic N) is 3. The van der Waals surface area contributed by atoms with Gasteiger partial charge in [0.05, 0.1) is 5.75 Å². The maximum absolute atomic E-state index is 12.1. The van der Waals surface area contributed by atoms with E-state index in [0.717, 1.165) is 51.4 Å². The summed E-state index contributed by atoms with van der Waals surface area (Å²) >= 11 is 0. The van der Waals surface area contributed by atoms with Crippen LogP contribution in [0, 0.1) is 5.92 Å². The third-order valence-electron chi connectivity index (χ3n) is 5.47. The first-order valence-corrected chi connectivity index (χ1v) is 11.3. The molecule has 0 amide bonds. The molecule has 1 aliphatic carbocycles. The molecule has 0 aromatic rings. The first-order valence-electron chi connectivity index (χ1n) is 9.66. The zero-order chi connectivity index (χ0) is 18.3. The van der Waals surface area contributed by atoms with Gasteiger partial charge < -0.3 is 10.2 Å². The van der Waals surface area contributed by atoms with Crippen LogP contribution in [0.5, 0.6) is 0 Å². The molecule has 2 rings (SSSR count). The molecule has 1 atom stereocenters. The van der Waals surface area contributed by atoms with Gasteiger partial charge in [0.25, 0.3) is 0 Å². The van der Waals surface area contributed by atoms with E-state index < -0.39 is 10.0 Å². The van der Waals surface area contributed by atoms with Crippen molar-refractivity contribution in [1.29, 1.82) is 0 Å². The van der Waals surface area contributed by atoms with Crippen LogP contribution in [0.1, 0.15) is 39.5 Å². The SMILES string of the molecule is CCN(CC)C1CCN(C(=NC)NCCS(=O)(=O)NCC2CCC2)C1.I. The molecule has 1 aliphatic heterocycles. The second-order valence-corrected chi connectivity index (χ2v) is 8.97. The van der Waals surface area contributed by atoms with Crippen molar-refractivity contribution in [1.82, 2.24) is 19.8 Å². The summed E-state index contributed by atoms with van der Waals surface area (Å²) in [6, 6.07) is 0.557. The lowest BCUT2D eigenvalue weighted by molar-refractivity contribution is 0.223. The van der Waals surface area contributed by atoms with Gasteiger partial charge in [0.2, 0.25) is 10.0 Å². The molecule has 7 nitrogen and oxygen atoms in total. The molecule has 2 aliphatic rings. The summed E-state index contributed by atoms with van der Waals surface area (Å²) in [5.74, 6) is 1.44. The number of likely N-dealkylation sites (tertiary alicyclic amines) is 1. The Morgan fingerprint density at radius 2 is 1.92 bits per heavy atom. The fourth-order valence-corrected chi connectivity index (χ4v) is 4.62. The van der Waals surface area contributed by atoms with Crippen LogP contribution in [0.2, 0.25) is 0 Å². The van der Waals surface area contributed by atoms with Crippen LogP contribution in [0.4, 0.5) is 0 Å². The molecule has 0 aromatic carbocycles. The number of sulfonamides is 1. The summed E-state index contributed by atoms with van der Waals surface area (Å²) in [4.78, 5) is 9.04. The maximum atomic E-state index is 12.1. The number of nitrogens with one attached hydrogen (secondary N) is 2. The Balaban J connectivity index is 0.00000338. The molecule has 9 heteroatoms. The summed E-state index contributed by atoms with van der Waals surface area (Å²) in [5.41, 5.74) is 0. The molecule has 2 N–H and O–H groups in total. The van der Waals surface area contributed by atoms with E-state index in [1.807, 2.05) is 0 Å². The number of hydrogen-bond acceptors (Lipinski definition) is 4. The van der Waals surface area contributed by atoms with Crippen LogP contribution in [0.3, 0.4) is 0 Å². The predicted molar refractivity (Wildman–Crippen MR) is 119 cm³/mol. The van der Waals surface area contributed by atoms with E-state index in [4.69, 9.17) is 0 Å². The first-order chi connectivity index (χ1) is 12.0. The molecular weight excluding hydrogens is 465 g/mol. The molecule has 26 heavy (non-hydrogen) atoms. The van der Waals surface area contributed by atoms with Crippen molar-refractivity contribution in [3.05, 3.63) is 0 Å². The summed E-state index contributed by atoms with van der Waals surface area (Å²) < 4.78 is 26.9. The Bertz CT molecular complexity index is 535. The van der Waals surface area contributed by atoms with Gasteiger partial charge in [-0.1, -0.05) is 20.3 Å². The molecule has 2 fully saturated rings. The van der Waals surface area contributed by atoms with Gasteiger partial charge in [0, 0.05) is 39.3 Å². The Morgan fingerprint density at radius 1 is 1.23 bits per heavy atom. The Kier molecular flexibility index (Phi) is 10.7. The number of hydrogen-bond donors (Lipinski definition) is 2. The fraction of sp³-hybridized carbons (Fsp3) is 0.941. The summed E-state index contributed by atoms with van der Waals surface area (Å²) in [6.07, 6.45) is 4.66. The van der Waals surface area contributed by atoms with Crippen LogP contribution in [0.25, 0.3) is 0 Å². The van der Waals surface area contributed by atoms with E-state index in [-0.39, 0.29) is 29.7 Å². The van der Waals surface area contributed by atoms with E-state index in [1.54, 1.807) is 7.05 Å². The third kappa shape index (κ3) is 7.12. The third-order valence-corrected chi connectivity index (χ3v) is 6.82. The number of guanidine groups is 1. The molecule has 0 aromatic heterocycles. The lowest BCUT2D eigenvalue weighted by Crippen LogP contribution is -2.45. The second-order valence-electron chi connectivity index (χ2n) is 7.05. The van der Waals surface area contributed by atoms with Crippen LogP contribution >= 0.6 is 24.0 Å². The van der Waals surface area contributed by atoms with Gasteiger partial charge in [0.15, 0.2) is 5.96 Å². The van der Waals surface area contributed by atoms with Gasteiger partial charge >= 0.3 is 0 Å². The number of likely N-dealkylation sites (N-methyl/N-ethyl adjacent to an activating group) is 1. The Labute approximate surface area is 176 Å². The van der Waals surface area contributed by atoms with Gasteiger partial charge in [-0.15, -0.1) is 24.0 Å². The molecule has 1 unspecified atom stereocenters. The number of rotatable bonds is 9. The van der Waals surface area contributed by atoms with Crippen LogP contribution in [0.15, 0.2) is 4.99 Å². The molecule has 1 saturated carbocycles. The first kappa shape index (κ1) is 23.9. The van der Waals surface area contributed by atoms with Crippen LogP contribution in [-0.4, -0.2) is 82.3 Å². The monoisotopic (exact) mass is 501 g/mol. The standard InChI is InChI=1S/C17H35N5O2S.HI/c1-4-21(5-2)16-9-11-22(14-16)17(18-3)19-10-12-25(23,24)20-13-15-7-6-8-15;/h15-16,20H,4-14H2,1-3H3,(H,18,19);1H. The normalized spacial score (nSPS) is 21.6. The highest BCUT2D eigenvalue weighted by molar-refractivity contribution is 14.0. The van der Waals surface area contributed by atoms with Gasteiger partial charge in [-0.3, -0.25) is 9.89 Å². The predicted octanol–water partition coefficient (Wildman–Crippen LogP) is 1.32. The molecule has 0 radical (unpaired) electrons. The van der Waals surface area contributed by atoms with Crippen molar-refractivity contribution >= 4 is 40.0 Å². The summed E-state index contributed by atoms with van der Waals surface area (Å²) in [6.45, 7) is 9.41. The minimum absolute atomic E-state index is 0. The van der Waals surface area contributed by atoms with E-state index in [0.29, 0.717) is 25.0 Å². The molecule has 154 valence electrons. The highest BCUT2D eigenvalue weighted by Crippen LogP contribution is 2.25. The van der Waals surface area contributed by atoms with Crippen molar-refractivity contribution in [2.75, 3.05) is 52.1 Å². The van der Waals surface area contributed by atoms with Gasteiger partial charge in [-0.25, -0.2) is 13.1 Å². The molecular formula is C17H36IN5O2S. The molecule has 1 saturated heterocycles. The van der Waals surface area contributed by atoms with Crippen molar-refractivity contribution in [3.63, 3.8) is 0 Å². The zero-order valence-corrected chi connectivity index (χ0v) is 19.6. The van der Waals surface area contributed by atoms with E-state index in [9.17, 15) is 8.42 Å². The van der Waals surface area contributed by atoms with Gasteiger partial charge in [0.1, 0.15) is 0 Å². The topological polar surface area (TPSA) is 77.0 Å². The molecule has 0 spiro atoms. The summed E-state index contributed by atoms with van der Waals surface area (Å²) in [5, 5.41) is 3.22. The highest BCUT2D eigenvalue weighted by atomic mass is 127. The number of halogens is 1. The number of aliphatic imine (C=N–C) groups is 1. The van der Waals surface area contributed by atoms with E-state index in [2.05, 4.69) is 38.7 Å². The highest BCUT2D eigenvalue weighted by Gasteiger charge is 2.28. The lowest BCUT2D eigenvalue weighted by atomic mass is 9.86.